The lowest BCUT2D eigenvalue weighted by atomic mass is 10.1. The molecule has 0 unspecified atom stereocenters. The van der Waals surface area contributed by atoms with Crippen LogP contribution in [0, 0.1) is 0 Å². The van der Waals surface area contributed by atoms with Gasteiger partial charge in [-0.1, -0.05) is 30.3 Å². The molecule has 4 rings (SSSR count). The second-order valence-electron chi connectivity index (χ2n) is 5.64. The molecule has 0 bridgehead atoms. The van der Waals surface area contributed by atoms with Gasteiger partial charge in [0.25, 0.3) is 5.91 Å². The number of anilines is 1. The fourth-order valence-corrected chi connectivity index (χ4v) is 2.92. The van der Waals surface area contributed by atoms with E-state index in [1.54, 1.807) is 24.3 Å². The second kappa shape index (κ2) is 5.35. The Bertz CT molecular complexity index is 974. The van der Waals surface area contributed by atoms with Crippen molar-refractivity contribution in [3.05, 3.63) is 83.4 Å². The van der Waals surface area contributed by atoms with Gasteiger partial charge in [-0.05, 0) is 47.5 Å². The average molecular weight is 315 g/mol. The molecule has 116 valence electrons. The first-order valence-electron chi connectivity index (χ1n) is 7.52. The average Bonchev–Trinajstić information content (AvgIpc) is 2.88. The van der Waals surface area contributed by atoms with Crippen LogP contribution in [-0.2, 0) is 0 Å². The van der Waals surface area contributed by atoms with Crippen LogP contribution in [0.1, 0.15) is 26.3 Å². The van der Waals surface area contributed by atoms with Crippen molar-refractivity contribution in [3.63, 3.8) is 0 Å². The summed E-state index contributed by atoms with van der Waals surface area (Å²) in [4.78, 5) is 24.7. The third kappa shape index (κ3) is 2.25. The van der Waals surface area contributed by atoms with Crippen molar-refractivity contribution in [3.8, 4) is 16.9 Å². The number of fused-ring (bicyclic) bond motifs is 3. The molecule has 0 aromatic heterocycles. The molecule has 0 radical (unpaired) electrons. The highest BCUT2D eigenvalue weighted by Gasteiger charge is 2.26. The van der Waals surface area contributed by atoms with Crippen molar-refractivity contribution in [1.82, 2.24) is 0 Å². The fraction of sp³-hybridized carbons (Fsp3) is 0. The van der Waals surface area contributed by atoms with Gasteiger partial charge in [0.15, 0.2) is 5.78 Å². The second-order valence-corrected chi connectivity index (χ2v) is 5.64. The fourth-order valence-electron chi connectivity index (χ4n) is 2.92. The van der Waals surface area contributed by atoms with E-state index in [1.165, 1.54) is 12.1 Å². The van der Waals surface area contributed by atoms with Gasteiger partial charge in [0.05, 0.1) is 0 Å². The minimum absolute atomic E-state index is 0.0265. The number of benzene rings is 3. The topological polar surface area (TPSA) is 66.4 Å². The normalized spacial score (nSPS) is 11.8. The molecule has 3 aromatic rings. The Kier molecular flexibility index (Phi) is 3.17. The number of phenolic OH excluding ortho intramolecular Hbond substituents is 1. The predicted molar refractivity (Wildman–Crippen MR) is 91.4 cm³/mol. The minimum atomic E-state index is -0.294. The highest BCUT2D eigenvalue weighted by Crippen LogP contribution is 2.37. The van der Waals surface area contributed by atoms with E-state index in [0.29, 0.717) is 22.4 Å². The van der Waals surface area contributed by atoms with E-state index in [1.807, 2.05) is 30.3 Å². The molecule has 1 aliphatic carbocycles. The third-order valence-electron chi connectivity index (χ3n) is 4.11. The number of aromatic hydroxyl groups is 1. The summed E-state index contributed by atoms with van der Waals surface area (Å²) in [6, 6.07) is 18.8. The van der Waals surface area contributed by atoms with Crippen molar-refractivity contribution in [2.75, 3.05) is 5.32 Å². The lowest BCUT2D eigenvalue weighted by molar-refractivity contribution is 0.102. The summed E-state index contributed by atoms with van der Waals surface area (Å²) in [5.41, 5.74) is 4.09. The van der Waals surface area contributed by atoms with E-state index in [9.17, 15) is 14.7 Å². The zero-order valence-electron chi connectivity index (χ0n) is 12.6. The van der Waals surface area contributed by atoms with Crippen LogP contribution in [0.25, 0.3) is 11.1 Å². The van der Waals surface area contributed by atoms with Crippen molar-refractivity contribution in [2.45, 2.75) is 0 Å². The lowest BCUT2D eigenvalue weighted by Crippen LogP contribution is -2.12. The third-order valence-corrected chi connectivity index (χ3v) is 4.11. The molecule has 4 nitrogen and oxygen atoms in total. The Morgan fingerprint density at radius 1 is 0.792 bits per heavy atom. The number of nitrogens with one attached hydrogen (secondary N) is 1. The van der Waals surface area contributed by atoms with E-state index in [2.05, 4.69) is 5.32 Å². The Hall–Kier alpha value is -3.40. The van der Waals surface area contributed by atoms with Crippen LogP contribution in [0.4, 0.5) is 5.69 Å². The smallest absolute Gasteiger partial charge is 0.255 e. The quantitative estimate of drug-likeness (QED) is 0.590. The van der Waals surface area contributed by atoms with Crippen molar-refractivity contribution in [1.29, 1.82) is 0 Å². The summed E-state index contributed by atoms with van der Waals surface area (Å²) in [6.07, 6.45) is 0. The van der Waals surface area contributed by atoms with Crippen molar-refractivity contribution >= 4 is 17.4 Å². The molecular formula is C20H13NO3. The summed E-state index contributed by atoms with van der Waals surface area (Å²) in [7, 11) is 0. The molecule has 24 heavy (non-hydrogen) atoms. The lowest BCUT2D eigenvalue weighted by Gasteiger charge is -2.07. The molecule has 2 N–H and O–H groups in total. The largest absolute Gasteiger partial charge is 0.508 e. The molecule has 0 spiro atoms. The highest BCUT2D eigenvalue weighted by atomic mass is 16.3. The van der Waals surface area contributed by atoms with Crippen LogP contribution >= 0.6 is 0 Å². The van der Waals surface area contributed by atoms with Gasteiger partial charge in [-0.3, -0.25) is 9.59 Å². The van der Waals surface area contributed by atoms with Crippen LogP contribution in [0.5, 0.6) is 5.75 Å². The molecule has 1 aliphatic rings. The molecule has 0 saturated carbocycles. The molecule has 4 heteroatoms. The maximum Gasteiger partial charge on any atom is 0.255 e. The van der Waals surface area contributed by atoms with E-state index in [4.69, 9.17) is 0 Å². The molecule has 3 aromatic carbocycles. The maximum absolute atomic E-state index is 12.5. The summed E-state index contributed by atoms with van der Waals surface area (Å²) in [5, 5.41) is 12.1. The number of rotatable bonds is 2. The maximum atomic E-state index is 12.5. The summed E-state index contributed by atoms with van der Waals surface area (Å²) in [6.45, 7) is 0. The van der Waals surface area contributed by atoms with Crippen LogP contribution in [0.15, 0.2) is 66.7 Å². The van der Waals surface area contributed by atoms with E-state index in [0.717, 1.165) is 11.1 Å². The Labute approximate surface area is 138 Å². The molecule has 0 heterocycles. The number of phenols is 1. The van der Waals surface area contributed by atoms with Crippen LogP contribution < -0.4 is 5.32 Å². The number of hydrogen-bond acceptors (Lipinski definition) is 3. The van der Waals surface area contributed by atoms with E-state index >= 15 is 0 Å². The van der Waals surface area contributed by atoms with Crippen LogP contribution in [0.3, 0.4) is 0 Å². The van der Waals surface area contributed by atoms with Crippen LogP contribution in [-0.4, -0.2) is 16.8 Å². The van der Waals surface area contributed by atoms with Gasteiger partial charge >= 0.3 is 0 Å². The summed E-state index contributed by atoms with van der Waals surface area (Å²) >= 11 is 0. The zero-order valence-corrected chi connectivity index (χ0v) is 12.6. The molecule has 0 atom stereocenters. The molecule has 0 fully saturated rings. The Morgan fingerprint density at radius 3 is 2.21 bits per heavy atom. The van der Waals surface area contributed by atoms with Gasteiger partial charge in [0.2, 0.25) is 0 Å². The number of carbonyl (C=O) groups is 2. The van der Waals surface area contributed by atoms with Crippen LogP contribution in [0.2, 0.25) is 0 Å². The molecule has 0 saturated heterocycles. The molecule has 0 aliphatic heterocycles. The molecular weight excluding hydrogens is 302 g/mol. The predicted octanol–water partition coefficient (Wildman–Crippen LogP) is 3.86. The number of amides is 1. The number of ketones is 1. The molecule has 1 amide bonds. The number of carbonyl (C=O) groups excluding carboxylic acids is 2. The SMILES string of the molecule is O=C(Nc1ccc2c(c1)C(=O)c1ccccc1-2)c1ccc(O)cc1. The first kappa shape index (κ1) is 14.2. The van der Waals surface area contributed by atoms with Crippen molar-refractivity contribution < 1.29 is 14.7 Å². The Morgan fingerprint density at radius 2 is 1.46 bits per heavy atom. The zero-order chi connectivity index (χ0) is 16.7. The van der Waals surface area contributed by atoms with Gasteiger partial charge < -0.3 is 10.4 Å². The van der Waals surface area contributed by atoms with Gasteiger partial charge in [-0.2, -0.15) is 0 Å². The van der Waals surface area contributed by atoms with Crippen molar-refractivity contribution in [2.24, 2.45) is 0 Å². The monoisotopic (exact) mass is 315 g/mol. The highest BCUT2D eigenvalue weighted by molar-refractivity contribution is 6.22. The standard InChI is InChI=1S/C20H13NO3/c22-14-8-5-12(6-9-14)20(24)21-13-7-10-16-15-3-1-2-4-17(15)19(23)18(16)11-13/h1-11,22H,(H,21,24). The van der Waals surface area contributed by atoms with Gasteiger partial charge in [0, 0.05) is 22.4 Å². The van der Waals surface area contributed by atoms with E-state index < -0.39 is 0 Å². The first-order valence-corrected chi connectivity index (χ1v) is 7.52. The van der Waals surface area contributed by atoms with Gasteiger partial charge in [-0.25, -0.2) is 0 Å². The summed E-state index contributed by atoms with van der Waals surface area (Å²) < 4.78 is 0. The van der Waals surface area contributed by atoms with Gasteiger partial charge in [0.1, 0.15) is 5.75 Å². The minimum Gasteiger partial charge on any atom is -0.508 e. The Balaban J connectivity index is 1.64. The van der Waals surface area contributed by atoms with E-state index in [-0.39, 0.29) is 17.4 Å². The van der Waals surface area contributed by atoms with Gasteiger partial charge in [-0.15, -0.1) is 0 Å². The summed E-state index contributed by atoms with van der Waals surface area (Å²) in [5.74, 6) is -0.216. The first-order chi connectivity index (χ1) is 11.6. The number of hydrogen-bond donors (Lipinski definition) is 2.